The molecule has 0 fully saturated rings. The molecule has 0 heterocycles. The van der Waals surface area contributed by atoms with Gasteiger partial charge in [0.2, 0.25) is 0 Å². The number of hydrogen-bond donors (Lipinski definition) is 1. The molecule has 1 N–H and O–H groups in total. The monoisotopic (exact) mass is 334 g/mol. The minimum absolute atomic E-state index is 0.610. The molecule has 0 aliphatic rings. The fraction of sp³-hybridized carbons (Fsp3) is 0.333. The molecule has 23 heavy (non-hydrogen) atoms. The van der Waals surface area contributed by atoms with Crippen LogP contribution in [-0.4, -0.2) is 53.3 Å². The van der Waals surface area contributed by atoms with Crippen LogP contribution in [0.2, 0.25) is 0 Å². The summed E-state index contributed by atoms with van der Waals surface area (Å²) in [7, 11) is -2.58. The molecule has 128 valence electrons. The predicted molar refractivity (Wildman–Crippen MR) is 106 cm³/mol. The van der Waals surface area contributed by atoms with E-state index in [9.17, 15) is 5.16 Å². The van der Waals surface area contributed by atoms with Crippen molar-refractivity contribution in [3.63, 3.8) is 0 Å². The zero-order valence-corrected chi connectivity index (χ0v) is 15.1. The first-order chi connectivity index (χ1) is 11.1. The summed E-state index contributed by atoms with van der Waals surface area (Å²) < 4.78 is 6.31. The van der Waals surface area contributed by atoms with Crippen molar-refractivity contribution >= 4 is 7.51 Å². The van der Waals surface area contributed by atoms with Crippen molar-refractivity contribution < 1.29 is 0 Å². The number of nitrogens with one attached hydrogen (secondary N) is 1. The van der Waals surface area contributed by atoms with Gasteiger partial charge in [-0.25, -0.2) is 14.0 Å². The molecule has 0 bridgehead atoms. The molecule has 0 aromatic carbocycles. The minimum Gasteiger partial charge on any atom is -0.277 e. The summed E-state index contributed by atoms with van der Waals surface area (Å²) >= 11 is 0. The third kappa shape index (κ3) is 5.92. The van der Waals surface area contributed by atoms with Crippen LogP contribution in [0.5, 0.6) is 0 Å². The Balaban J connectivity index is 6.07. The molecule has 0 atom stereocenters. The van der Waals surface area contributed by atoms with Gasteiger partial charge in [-0.15, -0.1) is 39.5 Å². The number of hydrogen-bond acceptors (Lipinski definition) is 1. The standard InChI is InChI=1S/C18H31N4P/c1-7-13-20(14-8-2)23(19,21(15-9-3)16-10-4)22(17-11-5)18-12-6/h7-12,19H,1-6,13-18H2. The molecule has 5 heteroatoms. The Hall–Kier alpha value is -1.45. The van der Waals surface area contributed by atoms with Gasteiger partial charge < -0.3 is 0 Å². The maximum atomic E-state index is 9.41. The van der Waals surface area contributed by atoms with E-state index in [1.165, 1.54) is 0 Å². The average molecular weight is 334 g/mol. The van der Waals surface area contributed by atoms with Crippen molar-refractivity contribution in [1.82, 2.24) is 14.0 Å². The SMILES string of the molecule is C=CCN(CC=C)P(=N)(N(CC=C)CC=C)N(CC=C)CC=C. The lowest BCUT2D eigenvalue weighted by molar-refractivity contribution is 0.376. The number of nitrogens with zero attached hydrogens (tertiary/aromatic N) is 3. The molecule has 0 saturated carbocycles. The molecule has 0 amide bonds. The van der Waals surface area contributed by atoms with Gasteiger partial charge in [-0.3, -0.25) is 5.16 Å². The first kappa shape index (κ1) is 21.6. The normalized spacial score (nSPS) is 11.4. The second-order valence-electron chi connectivity index (χ2n) is 4.92. The Kier molecular flexibility index (Phi) is 11.3. The van der Waals surface area contributed by atoms with Gasteiger partial charge in [0.15, 0.2) is 7.51 Å². The van der Waals surface area contributed by atoms with E-state index >= 15 is 0 Å². The van der Waals surface area contributed by atoms with Crippen LogP contribution in [0, 0.1) is 5.16 Å². The van der Waals surface area contributed by atoms with E-state index in [1.54, 1.807) is 0 Å². The van der Waals surface area contributed by atoms with Gasteiger partial charge >= 0.3 is 0 Å². The van der Waals surface area contributed by atoms with E-state index < -0.39 is 7.51 Å². The van der Waals surface area contributed by atoms with Gasteiger partial charge in [-0.1, -0.05) is 36.5 Å². The highest BCUT2D eigenvalue weighted by Gasteiger charge is 2.35. The average Bonchev–Trinajstić information content (AvgIpc) is 2.53. The molecule has 0 aliphatic carbocycles. The van der Waals surface area contributed by atoms with Gasteiger partial charge in [-0.2, -0.15) is 0 Å². The first-order valence-electron chi connectivity index (χ1n) is 7.62. The van der Waals surface area contributed by atoms with Crippen molar-refractivity contribution in [3.8, 4) is 0 Å². The Morgan fingerprint density at radius 3 is 0.826 bits per heavy atom. The fourth-order valence-corrected chi connectivity index (χ4v) is 5.47. The summed E-state index contributed by atoms with van der Waals surface area (Å²) in [5, 5.41) is 9.41. The van der Waals surface area contributed by atoms with Gasteiger partial charge in [0, 0.05) is 39.3 Å². The van der Waals surface area contributed by atoms with E-state index in [0.29, 0.717) is 39.3 Å². The van der Waals surface area contributed by atoms with E-state index in [-0.39, 0.29) is 0 Å². The molecule has 0 rings (SSSR count). The first-order valence-corrected chi connectivity index (χ1v) is 9.27. The Labute approximate surface area is 142 Å². The second-order valence-corrected chi connectivity index (χ2v) is 7.75. The molecule has 0 aliphatic heterocycles. The van der Waals surface area contributed by atoms with Crippen molar-refractivity contribution in [2.24, 2.45) is 0 Å². The highest BCUT2D eigenvalue weighted by molar-refractivity contribution is 7.57. The third-order valence-electron chi connectivity index (χ3n) is 3.22. The van der Waals surface area contributed by atoms with Gasteiger partial charge in [0.25, 0.3) is 0 Å². The summed E-state index contributed by atoms with van der Waals surface area (Å²) in [5.74, 6) is 0. The van der Waals surface area contributed by atoms with Crippen molar-refractivity contribution in [2.75, 3.05) is 39.3 Å². The summed E-state index contributed by atoms with van der Waals surface area (Å²) in [6.45, 7) is 26.7. The predicted octanol–water partition coefficient (Wildman–Crippen LogP) is 4.53. The third-order valence-corrected chi connectivity index (χ3v) is 6.57. The molecule has 0 radical (unpaired) electrons. The van der Waals surface area contributed by atoms with Crippen molar-refractivity contribution in [2.45, 2.75) is 0 Å². The molecular formula is C18H31N4P. The lowest BCUT2D eigenvalue weighted by Gasteiger charge is -2.47. The van der Waals surface area contributed by atoms with Crippen molar-refractivity contribution in [3.05, 3.63) is 75.9 Å². The lowest BCUT2D eigenvalue weighted by Crippen LogP contribution is -2.41. The Bertz CT molecular complexity index is 373. The van der Waals surface area contributed by atoms with E-state index in [4.69, 9.17) is 0 Å². The largest absolute Gasteiger partial charge is 0.277 e. The molecule has 0 aromatic heterocycles. The topological polar surface area (TPSA) is 33.6 Å². The maximum absolute atomic E-state index is 9.41. The van der Waals surface area contributed by atoms with Crippen LogP contribution in [0.4, 0.5) is 0 Å². The summed E-state index contributed by atoms with van der Waals surface area (Å²) in [6.07, 6.45) is 11.0. The Morgan fingerprint density at radius 1 is 0.522 bits per heavy atom. The molecule has 4 nitrogen and oxygen atoms in total. The molecule has 0 spiro atoms. The smallest absolute Gasteiger partial charge is 0.166 e. The fourth-order valence-electron chi connectivity index (χ4n) is 2.34. The van der Waals surface area contributed by atoms with Crippen LogP contribution in [0.25, 0.3) is 0 Å². The van der Waals surface area contributed by atoms with Gasteiger partial charge in [0.1, 0.15) is 0 Å². The van der Waals surface area contributed by atoms with E-state index in [2.05, 4.69) is 53.5 Å². The molecule has 0 saturated heterocycles. The molecule has 0 unspecified atom stereocenters. The van der Waals surface area contributed by atoms with Gasteiger partial charge in [-0.05, 0) is 0 Å². The summed E-state index contributed by atoms with van der Waals surface area (Å²) in [6, 6.07) is 0. The van der Waals surface area contributed by atoms with Crippen LogP contribution in [0.1, 0.15) is 0 Å². The van der Waals surface area contributed by atoms with Crippen molar-refractivity contribution in [1.29, 1.82) is 5.16 Å². The quantitative estimate of drug-likeness (QED) is 0.353. The Morgan fingerprint density at radius 2 is 0.696 bits per heavy atom. The van der Waals surface area contributed by atoms with E-state index in [1.807, 2.05) is 36.5 Å². The zero-order valence-electron chi connectivity index (χ0n) is 14.2. The zero-order chi connectivity index (χ0) is 17.7. The molecule has 0 aromatic rings. The van der Waals surface area contributed by atoms with Crippen LogP contribution in [0.15, 0.2) is 75.9 Å². The highest BCUT2D eigenvalue weighted by Crippen LogP contribution is 2.56. The van der Waals surface area contributed by atoms with Crippen LogP contribution < -0.4 is 0 Å². The minimum atomic E-state index is -2.58. The molecular weight excluding hydrogens is 303 g/mol. The van der Waals surface area contributed by atoms with Crippen LogP contribution in [0.3, 0.4) is 0 Å². The highest BCUT2D eigenvalue weighted by atomic mass is 31.2. The second kappa shape index (κ2) is 12.0. The van der Waals surface area contributed by atoms with Crippen LogP contribution in [-0.2, 0) is 0 Å². The van der Waals surface area contributed by atoms with Gasteiger partial charge in [0.05, 0.1) is 0 Å². The maximum Gasteiger partial charge on any atom is 0.166 e. The number of rotatable bonds is 15. The summed E-state index contributed by atoms with van der Waals surface area (Å²) in [5.41, 5.74) is 0. The van der Waals surface area contributed by atoms with E-state index in [0.717, 1.165) is 0 Å². The summed E-state index contributed by atoms with van der Waals surface area (Å²) in [4.78, 5) is 0. The lowest BCUT2D eigenvalue weighted by atomic mass is 10.5. The van der Waals surface area contributed by atoms with Crippen LogP contribution >= 0.6 is 7.51 Å².